The summed E-state index contributed by atoms with van der Waals surface area (Å²) in [5, 5.41) is 0.243. The lowest BCUT2D eigenvalue weighted by atomic mass is 9.80. The van der Waals surface area contributed by atoms with Crippen molar-refractivity contribution in [2.45, 2.75) is 153 Å². The van der Waals surface area contributed by atoms with Crippen LogP contribution >= 0.6 is 0 Å². The van der Waals surface area contributed by atoms with Crippen molar-refractivity contribution in [1.29, 1.82) is 0 Å². The average molecular weight is 575 g/mol. The Bertz CT molecular complexity index is 706. The van der Waals surface area contributed by atoms with Crippen LogP contribution in [-0.2, 0) is 22.8 Å². The molecule has 2 atom stereocenters. The fourth-order valence-corrected chi connectivity index (χ4v) is 7.95. The van der Waals surface area contributed by atoms with Crippen molar-refractivity contribution in [3.05, 3.63) is 12.7 Å². The van der Waals surface area contributed by atoms with Crippen LogP contribution in [0.2, 0.25) is 54.4 Å². The highest BCUT2D eigenvalue weighted by atomic mass is 28.4. The summed E-state index contributed by atoms with van der Waals surface area (Å²) in [7, 11) is -4.55. The van der Waals surface area contributed by atoms with Crippen LogP contribution in [-0.4, -0.2) is 69.2 Å². The van der Waals surface area contributed by atoms with Gasteiger partial charge in [-0.25, -0.2) is 0 Å². The molecule has 1 rings (SSSR count). The Hall–Kier alpha value is 0.191. The molecule has 0 aromatic carbocycles. The first kappa shape index (κ1) is 35.2. The van der Waals surface area contributed by atoms with Gasteiger partial charge in [0.15, 0.2) is 25.0 Å². The second-order valence-electron chi connectivity index (χ2n) is 15.8. The van der Waals surface area contributed by atoms with Gasteiger partial charge in [0.2, 0.25) is 0 Å². The van der Waals surface area contributed by atoms with Gasteiger partial charge in [-0.1, -0.05) is 68.4 Å². The Kier molecular flexibility index (Phi) is 11.4. The first-order valence-corrected chi connectivity index (χ1v) is 22.8. The Labute approximate surface area is 233 Å². The maximum absolute atomic E-state index is 7.27. The summed E-state index contributed by atoms with van der Waals surface area (Å²) in [6.45, 7) is 39.5. The van der Waals surface area contributed by atoms with Crippen molar-refractivity contribution in [2.24, 2.45) is 0 Å². The van der Waals surface area contributed by atoms with Gasteiger partial charge in [-0.2, -0.15) is 0 Å². The maximum Gasteiger partial charge on any atom is 0.192 e. The highest BCUT2D eigenvalue weighted by molar-refractivity contribution is 6.75. The van der Waals surface area contributed by atoms with E-state index < -0.39 is 30.6 Å². The van der Waals surface area contributed by atoms with Crippen molar-refractivity contribution in [3.63, 3.8) is 0 Å². The predicted octanol–water partition coefficient (Wildman–Crippen LogP) is 8.54. The molecule has 0 amide bonds. The second-order valence-corrected chi connectivity index (χ2v) is 30.0. The molecule has 5 nitrogen and oxygen atoms in total. The van der Waals surface area contributed by atoms with Crippen LogP contribution in [0, 0.1) is 0 Å². The standard InChI is InChI=1S/C29H62O5Si3/c1-18-19-31-22-29(30-11)20-23(32-35(12,13)26(2,3)4)25(34-37(16,17)28(8,9)10)24(21-29)33-36(14,15)27(5,6)7/h18,23-25H,1,19-22H2,2-17H3. The lowest BCUT2D eigenvalue weighted by Crippen LogP contribution is -2.64. The lowest BCUT2D eigenvalue weighted by molar-refractivity contribution is -0.173. The Balaban J connectivity index is 3.69. The molecule has 0 saturated heterocycles. The van der Waals surface area contributed by atoms with Crippen LogP contribution in [0.15, 0.2) is 12.7 Å². The summed E-state index contributed by atoms with van der Waals surface area (Å²) in [5.41, 5.74) is -0.504. The van der Waals surface area contributed by atoms with Gasteiger partial charge in [-0.05, 0) is 54.4 Å². The third-order valence-corrected chi connectivity index (χ3v) is 23.1. The lowest BCUT2D eigenvalue weighted by Gasteiger charge is -2.54. The summed E-state index contributed by atoms with van der Waals surface area (Å²) in [6, 6.07) is 0. The third-order valence-electron chi connectivity index (χ3n) is 9.65. The van der Waals surface area contributed by atoms with Crippen molar-refractivity contribution in [3.8, 4) is 0 Å². The number of rotatable bonds is 11. The molecule has 1 aliphatic carbocycles. The second kappa shape index (κ2) is 12.0. The van der Waals surface area contributed by atoms with E-state index in [4.69, 9.17) is 22.8 Å². The Morgan fingerprint density at radius 2 is 1.05 bits per heavy atom. The molecule has 1 saturated carbocycles. The van der Waals surface area contributed by atoms with Gasteiger partial charge >= 0.3 is 0 Å². The Morgan fingerprint density at radius 3 is 1.35 bits per heavy atom. The minimum absolute atomic E-state index is 0.0802. The molecular formula is C29H62O5Si3. The summed E-state index contributed by atoms with van der Waals surface area (Å²) in [5.74, 6) is 0. The van der Waals surface area contributed by atoms with E-state index in [9.17, 15) is 0 Å². The molecule has 0 aromatic heterocycles. The van der Waals surface area contributed by atoms with Gasteiger partial charge in [0.1, 0.15) is 0 Å². The zero-order valence-corrected chi connectivity index (χ0v) is 30.4. The van der Waals surface area contributed by atoms with Crippen LogP contribution < -0.4 is 0 Å². The monoisotopic (exact) mass is 574 g/mol. The molecule has 0 N–H and O–H groups in total. The summed E-state index contributed by atoms with van der Waals surface area (Å²) in [4.78, 5) is 0. The molecule has 0 heterocycles. The first-order valence-electron chi connectivity index (χ1n) is 14.1. The number of hydrogen-bond acceptors (Lipinski definition) is 5. The van der Waals surface area contributed by atoms with Crippen LogP contribution in [0.4, 0.5) is 0 Å². The van der Waals surface area contributed by atoms with E-state index >= 15 is 0 Å². The van der Waals surface area contributed by atoms with Crippen LogP contribution in [0.5, 0.6) is 0 Å². The quantitative estimate of drug-likeness (QED) is 0.141. The molecule has 0 radical (unpaired) electrons. The highest BCUT2D eigenvalue weighted by Gasteiger charge is 2.55. The molecule has 0 spiro atoms. The molecule has 0 aliphatic heterocycles. The smallest absolute Gasteiger partial charge is 0.192 e. The van der Waals surface area contributed by atoms with E-state index in [1.807, 2.05) is 0 Å². The molecule has 8 heteroatoms. The number of ether oxygens (including phenoxy) is 2. The van der Waals surface area contributed by atoms with Gasteiger partial charge < -0.3 is 22.8 Å². The molecule has 1 fully saturated rings. The molecule has 1 aliphatic rings. The molecular weight excluding hydrogens is 513 g/mol. The zero-order valence-electron chi connectivity index (χ0n) is 27.4. The van der Waals surface area contributed by atoms with Gasteiger partial charge in [-0.3, -0.25) is 0 Å². The third kappa shape index (κ3) is 8.84. The minimum atomic E-state index is -2.12. The van der Waals surface area contributed by atoms with Crippen molar-refractivity contribution in [1.82, 2.24) is 0 Å². The van der Waals surface area contributed by atoms with E-state index in [1.165, 1.54) is 0 Å². The average Bonchev–Trinajstić information content (AvgIpc) is 2.67. The van der Waals surface area contributed by atoms with Crippen LogP contribution in [0.1, 0.15) is 75.2 Å². The molecule has 0 bridgehead atoms. The van der Waals surface area contributed by atoms with Crippen molar-refractivity contribution < 1.29 is 22.8 Å². The molecule has 2 unspecified atom stereocenters. The highest BCUT2D eigenvalue weighted by Crippen LogP contribution is 2.47. The normalized spacial score (nSPS) is 26.9. The summed E-state index contributed by atoms with van der Waals surface area (Å²) >= 11 is 0. The topological polar surface area (TPSA) is 46.2 Å². The largest absolute Gasteiger partial charge is 0.411 e. The van der Waals surface area contributed by atoms with E-state index in [1.54, 1.807) is 13.2 Å². The van der Waals surface area contributed by atoms with Crippen LogP contribution in [0.3, 0.4) is 0 Å². The SMILES string of the molecule is C=CCOCC1(OC)CC(O[Si](C)(C)C(C)(C)C)C(O[Si](C)(C)C(C)(C)C)C(O[Si](C)(C)C(C)(C)C)C1. The summed E-state index contributed by atoms with van der Waals surface area (Å²) in [6.07, 6.45) is 2.83. The fraction of sp³-hybridized carbons (Fsp3) is 0.931. The molecule has 37 heavy (non-hydrogen) atoms. The van der Waals surface area contributed by atoms with Gasteiger partial charge in [0.05, 0.1) is 37.1 Å². The predicted molar refractivity (Wildman–Crippen MR) is 166 cm³/mol. The Morgan fingerprint density at radius 1 is 0.703 bits per heavy atom. The molecule has 0 aromatic rings. The van der Waals surface area contributed by atoms with E-state index in [2.05, 4.69) is 108 Å². The minimum Gasteiger partial charge on any atom is -0.411 e. The van der Waals surface area contributed by atoms with E-state index in [-0.39, 0.29) is 33.4 Å². The summed E-state index contributed by atoms with van der Waals surface area (Å²) < 4.78 is 34.1. The van der Waals surface area contributed by atoms with E-state index in [0.717, 1.165) is 12.8 Å². The molecule has 220 valence electrons. The van der Waals surface area contributed by atoms with Gasteiger partial charge in [0.25, 0.3) is 0 Å². The fourth-order valence-electron chi connectivity index (χ4n) is 3.96. The number of hydrogen-bond donors (Lipinski definition) is 0. The van der Waals surface area contributed by atoms with E-state index in [0.29, 0.717) is 13.2 Å². The van der Waals surface area contributed by atoms with Crippen LogP contribution in [0.25, 0.3) is 0 Å². The van der Waals surface area contributed by atoms with Crippen molar-refractivity contribution >= 4 is 25.0 Å². The first-order chi connectivity index (χ1) is 16.3. The van der Waals surface area contributed by atoms with Gasteiger partial charge in [0, 0.05) is 20.0 Å². The van der Waals surface area contributed by atoms with Gasteiger partial charge in [-0.15, -0.1) is 6.58 Å². The maximum atomic E-state index is 7.27. The van der Waals surface area contributed by atoms with Crippen molar-refractivity contribution in [2.75, 3.05) is 20.3 Å². The number of methoxy groups -OCH3 is 1. The zero-order chi connectivity index (χ0) is 29.3.